The molecule has 0 radical (unpaired) electrons. The monoisotopic (exact) mass is 286 g/mol. The summed E-state index contributed by atoms with van der Waals surface area (Å²) in [5.41, 5.74) is 5.42. The third kappa shape index (κ3) is 2.23. The highest BCUT2D eigenvalue weighted by Crippen LogP contribution is 2.31. The highest BCUT2D eigenvalue weighted by molar-refractivity contribution is 7.14. The number of thiazole rings is 1. The average Bonchev–Trinajstić information content (AvgIpc) is 3.16. The lowest BCUT2D eigenvalue weighted by molar-refractivity contribution is 0.122. The maximum absolute atomic E-state index is 5.40. The number of benzene rings is 1. The number of aromatic nitrogens is 1. The van der Waals surface area contributed by atoms with Gasteiger partial charge in [-0.3, -0.25) is 0 Å². The summed E-state index contributed by atoms with van der Waals surface area (Å²) >= 11 is 1.74. The lowest BCUT2D eigenvalue weighted by Crippen LogP contribution is -2.36. The highest BCUT2D eigenvalue weighted by atomic mass is 32.1. The minimum Gasteiger partial charge on any atom is -0.378 e. The fourth-order valence-electron chi connectivity index (χ4n) is 3.03. The maximum atomic E-state index is 5.40. The Labute approximate surface area is 123 Å². The molecule has 2 heterocycles. The highest BCUT2D eigenvalue weighted by Gasteiger charge is 2.16. The van der Waals surface area contributed by atoms with Gasteiger partial charge in [-0.05, 0) is 36.5 Å². The summed E-state index contributed by atoms with van der Waals surface area (Å²) in [7, 11) is 0. The van der Waals surface area contributed by atoms with Crippen LogP contribution >= 0.6 is 11.3 Å². The van der Waals surface area contributed by atoms with Crippen molar-refractivity contribution in [2.45, 2.75) is 19.3 Å². The van der Waals surface area contributed by atoms with E-state index in [2.05, 4.69) is 28.5 Å². The molecule has 3 nitrogen and oxygen atoms in total. The molecule has 4 rings (SSSR count). The average molecular weight is 286 g/mol. The number of morpholine rings is 1. The normalized spacial score (nSPS) is 18.3. The molecule has 0 unspecified atom stereocenters. The van der Waals surface area contributed by atoms with Gasteiger partial charge >= 0.3 is 0 Å². The molecular formula is C16H18N2OS. The summed E-state index contributed by atoms with van der Waals surface area (Å²) in [6.07, 6.45) is 3.77. The molecule has 1 saturated heterocycles. The first-order valence-electron chi connectivity index (χ1n) is 7.30. The molecule has 2 aliphatic rings. The van der Waals surface area contributed by atoms with Crippen LogP contribution in [-0.4, -0.2) is 31.3 Å². The van der Waals surface area contributed by atoms with E-state index in [0.717, 1.165) is 37.1 Å². The van der Waals surface area contributed by atoms with Crippen LogP contribution in [0.3, 0.4) is 0 Å². The van der Waals surface area contributed by atoms with Crippen molar-refractivity contribution in [1.82, 2.24) is 4.98 Å². The molecule has 0 saturated carbocycles. The number of anilines is 1. The molecule has 0 N–H and O–H groups in total. The SMILES string of the molecule is c1cc2c(cc1-c1csc(N3CCOCC3)n1)CCC2. The fraction of sp³-hybridized carbons (Fsp3) is 0.438. The molecule has 0 atom stereocenters. The third-order valence-corrected chi connectivity index (χ3v) is 5.07. The zero-order chi connectivity index (χ0) is 13.4. The number of rotatable bonds is 2. The van der Waals surface area contributed by atoms with Crippen molar-refractivity contribution in [1.29, 1.82) is 0 Å². The van der Waals surface area contributed by atoms with E-state index in [1.54, 1.807) is 11.3 Å². The van der Waals surface area contributed by atoms with E-state index in [1.807, 2.05) is 0 Å². The first-order valence-corrected chi connectivity index (χ1v) is 8.18. The van der Waals surface area contributed by atoms with Gasteiger partial charge in [0.05, 0.1) is 18.9 Å². The van der Waals surface area contributed by atoms with Crippen molar-refractivity contribution in [2.24, 2.45) is 0 Å². The van der Waals surface area contributed by atoms with E-state index in [-0.39, 0.29) is 0 Å². The van der Waals surface area contributed by atoms with E-state index in [9.17, 15) is 0 Å². The summed E-state index contributed by atoms with van der Waals surface area (Å²) in [6, 6.07) is 6.84. The number of aryl methyl sites for hydroxylation is 2. The molecule has 0 amide bonds. The van der Waals surface area contributed by atoms with E-state index in [4.69, 9.17) is 9.72 Å². The second kappa shape index (κ2) is 5.19. The van der Waals surface area contributed by atoms with Crippen LogP contribution < -0.4 is 4.90 Å². The zero-order valence-corrected chi connectivity index (χ0v) is 12.3. The van der Waals surface area contributed by atoms with Crippen molar-refractivity contribution >= 4 is 16.5 Å². The summed E-state index contributed by atoms with van der Waals surface area (Å²) in [5.74, 6) is 0. The van der Waals surface area contributed by atoms with Crippen molar-refractivity contribution in [3.05, 3.63) is 34.7 Å². The van der Waals surface area contributed by atoms with Crippen molar-refractivity contribution in [3.63, 3.8) is 0 Å². The number of fused-ring (bicyclic) bond motifs is 1. The summed E-state index contributed by atoms with van der Waals surface area (Å²) in [4.78, 5) is 7.14. The number of hydrogen-bond donors (Lipinski definition) is 0. The minimum absolute atomic E-state index is 0.813. The standard InChI is InChI=1S/C16H18N2OS/c1-2-12-4-5-14(10-13(12)3-1)15-11-20-16(17-15)18-6-8-19-9-7-18/h4-5,10-11H,1-3,6-9H2. The molecule has 20 heavy (non-hydrogen) atoms. The molecular weight excluding hydrogens is 268 g/mol. The Morgan fingerprint density at radius 3 is 2.85 bits per heavy atom. The van der Waals surface area contributed by atoms with Gasteiger partial charge in [0.15, 0.2) is 5.13 Å². The Kier molecular flexibility index (Phi) is 3.20. The van der Waals surface area contributed by atoms with E-state index in [1.165, 1.54) is 36.0 Å². The number of nitrogens with zero attached hydrogens (tertiary/aromatic N) is 2. The van der Waals surface area contributed by atoms with Gasteiger partial charge in [0.1, 0.15) is 0 Å². The van der Waals surface area contributed by atoms with E-state index >= 15 is 0 Å². The predicted octanol–water partition coefficient (Wildman–Crippen LogP) is 3.14. The van der Waals surface area contributed by atoms with Gasteiger partial charge < -0.3 is 9.64 Å². The van der Waals surface area contributed by atoms with E-state index < -0.39 is 0 Å². The molecule has 0 spiro atoms. The summed E-state index contributed by atoms with van der Waals surface area (Å²) in [5, 5.41) is 3.31. The lowest BCUT2D eigenvalue weighted by atomic mass is 10.1. The van der Waals surface area contributed by atoms with Crippen LogP contribution in [0.5, 0.6) is 0 Å². The lowest BCUT2D eigenvalue weighted by Gasteiger charge is -2.26. The van der Waals surface area contributed by atoms with Crippen LogP contribution in [0.15, 0.2) is 23.6 Å². The topological polar surface area (TPSA) is 25.4 Å². The summed E-state index contributed by atoms with van der Waals surface area (Å²) < 4.78 is 5.40. The third-order valence-electron chi connectivity index (χ3n) is 4.17. The molecule has 1 fully saturated rings. The van der Waals surface area contributed by atoms with E-state index in [0.29, 0.717) is 0 Å². The van der Waals surface area contributed by atoms with Gasteiger partial charge in [-0.2, -0.15) is 0 Å². The van der Waals surface area contributed by atoms with Gasteiger partial charge in [0.25, 0.3) is 0 Å². The summed E-state index contributed by atoms with van der Waals surface area (Å²) in [6.45, 7) is 3.54. The van der Waals surface area contributed by atoms with Gasteiger partial charge in [-0.1, -0.05) is 12.1 Å². The Morgan fingerprint density at radius 2 is 1.95 bits per heavy atom. The fourth-order valence-corrected chi connectivity index (χ4v) is 3.92. The molecule has 104 valence electrons. The Balaban J connectivity index is 1.61. The Hall–Kier alpha value is -1.39. The predicted molar refractivity (Wildman–Crippen MR) is 82.6 cm³/mol. The van der Waals surface area contributed by atoms with Crippen LogP contribution in [0.4, 0.5) is 5.13 Å². The quantitative estimate of drug-likeness (QED) is 0.848. The van der Waals surface area contributed by atoms with Crippen LogP contribution in [0.25, 0.3) is 11.3 Å². The zero-order valence-electron chi connectivity index (χ0n) is 11.5. The van der Waals surface area contributed by atoms with Gasteiger partial charge in [-0.15, -0.1) is 11.3 Å². The Bertz CT molecular complexity index is 617. The van der Waals surface area contributed by atoms with Gasteiger partial charge in [-0.25, -0.2) is 4.98 Å². The number of ether oxygens (including phenoxy) is 1. The van der Waals surface area contributed by atoms with Crippen LogP contribution in [0.2, 0.25) is 0 Å². The van der Waals surface area contributed by atoms with Crippen LogP contribution in [0.1, 0.15) is 17.5 Å². The van der Waals surface area contributed by atoms with Crippen LogP contribution in [-0.2, 0) is 17.6 Å². The first kappa shape index (κ1) is 12.4. The van der Waals surface area contributed by atoms with Crippen LogP contribution in [0, 0.1) is 0 Å². The van der Waals surface area contributed by atoms with Crippen molar-refractivity contribution in [3.8, 4) is 11.3 Å². The molecule has 1 aliphatic carbocycles. The van der Waals surface area contributed by atoms with Crippen molar-refractivity contribution in [2.75, 3.05) is 31.2 Å². The van der Waals surface area contributed by atoms with Gasteiger partial charge in [0.2, 0.25) is 0 Å². The minimum atomic E-state index is 0.813. The molecule has 1 aliphatic heterocycles. The number of hydrogen-bond acceptors (Lipinski definition) is 4. The molecule has 4 heteroatoms. The molecule has 1 aromatic heterocycles. The molecule has 2 aromatic rings. The van der Waals surface area contributed by atoms with Gasteiger partial charge in [0, 0.05) is 24.0 Å². The Morgan fingerprint density at radius 1 is 1.10 bits per heavy atom. The smallest absolute Gasteiger partial charge is 0.186 e. The largest absolute Gasteiger partial charge is 0.378 e. The first-order chi connectivity index (χ1) is 9.90. The molecule has 1 aromatic carbocycles. The van der Waals surface area contributed by atoms with Crippen molar-refractivity contribution < 1.29 is 4.74 Å². The maximum Gasteiger partial charge on any atom is 0.186 e. The molecule has 0 bridgehead atoms. The second-order valence-electron chi connectivity index (χ2n) is 5.45. The second-order valence-corrected chi connectivity index (χ2v) is 6.29.